The Morgan fingerprint density at radius 3 is 2.94 bits per heavy atom. The van der Waals surface area contributed by atoms with Gasteiger partial charge in [-0.05, 0) is 59.9 Å². The molecule has 0 bridgehead atoms. The molecule has 0 amide bonds. The molecule has 1 aliphatic rings. The Kier molecular flexibility index (Phi) is 2.51. The second-order valence-electron chi connectivity index (χ2n) is 4.58. The fraction of sp³-hybridized carbons (Fsp3) is 0.417. The third-order valence-electron chi connectivity index (χ3n) is 3.08. The van der Waals surface area contributed by atoms with E-state index in [1.807, 2.05) is 6.07 Å². The number of anilines is 1. The Balaban J connectivity index is 1.78. The molecule has 2 aromatic rings. The standard InChI is InChI=1S/C12H15N5/c1-9-6-11(13-7-10-2-3-10)4-5-12(9)17-8-14-15-16-17/h4-6,8,10,13H,2-3,7H2,1H3. The van der Waals surface area contributed by atoms with Crippen molar-refractivity contribution in [2.75, 3.05) is 11.9 Å². The van der Waals surface area contributed by atoms with Gasteiger partial charge in [-0.25, -0.2) is 4.68 Å². The number of nitrogens with zero attached hydrogens (tertiary/aromatic N) is 4. The van der Waals surface area contributed by atoms with Crippen LogP contribution >= 0.6 is 0 Å². The summed E-state index contributed by atoms with van der Waals surface area (Å²) < 4.78 is 1.68. The van der Waals surface area contributed by atoms with Crippen molar-refractivity contribution in [2.24, 2.45) is 5.92 Å². The van der Waals surface area contributed by atoms with Crippen LogP contribution in [0.1, 0.15) is 18.4 Å². The fourth-order valence-corrected chi connectivity index (χ4v) is 1.88. The van der Waals surface area contributed by atoms with Crippen molar-refractivity contribution in [1.82, 2.24) is 20.2 Å². The van der Waals surface area contributed by atoms with Crippen LogP contribution in [0.15, 0.2) is 24.5 Å². The summed E-state index contributed by atoms with van der Waals surface area (Å²) in [6.07, 6.45) is 4.35. The maximum absolute atomic E-state index is 3.90. The molecule has 0 radical (unpaired) electrons. The molecular formula is C12H15N5. The van der Waals surface area contributed by atoms with E-state index in [0.717, 1.165) is 23.7 Å². The van der Waals surface area contributed by atoms with Gasteiger partial charge in [-0.15, -0.1) is 5.10 Å². The van der Waals surface area contributed by atoms with Crippen LogP contribution in [0, 0.1) is 12.8 Å². The number of aryl methyl sites for hydroxylation is 1. The molecule has 1 saturated carbocycles. The summed E-state index contributed by atoms with van der Waals surface area (Å²) in [6.45, 7) is 3.16. The molecular weight excluding hydrogens is 214 g/mol. The van der Waals surface area contributed by atoms with Crippen molar-refractivity contribution in [3.63, 3.8) is 0 Å². The molecule has 0 aliphatic heterocycles. The molecule has 0 atom stereocenters. The second kappa shape index (κ2) is 4.16. The third kappa shape index (κ3) is 2.27. The highest BCUT2D eigenvalue weighted by molar-refractivity contribution is 5.53. The summed E-state index contributed by atoms with van der Waals surface area (Å²) in [6, 6.07) is 6.26. The Bertz CT molecular complexity index is 502. The lowest BCUT2D eigenvalue weighted by molar-refractivity contribution is 0.785. The van der Waals surface area contributed by atoms with Crippen molar-refractivity contribution < 1.29 is 0 Å². The topological polar surface area (TPSA) is 55.6 Å². The number of hydrogen-bond acceptors (Lipinski definition) is 4. The molecule has 1 N–H and O–H groups in total. The molecule has 5 nitrogen and oxygen atoms in total. The zero-order valence-corrected chi connectivity index (χ0v) is 9.80. The molecule has 5 heteroatoms. The van der Waals surface area contributed by atoms with E-state index >= 15 is 0 Å². The van der Waals surface area contributed by atoms with Crippen molar-refractivity contribution in [2.45, 2.75) is 19.8 Å². The van der Waals surface area contributed by atoms with Crippen LogP contribution in [0.5, 0.6) is 0 Å². The Morgan fingerprint density at radius 2 is 2.29 bits per heavy atom. The van der Waals surface area contributed by atoms with Crippen LogP contribution in [-0.2, 0) is 0 Å². The van der Waals surface area contributed by atoms with Gasteiger partial charge in [0, 0.05) is 12.2 Å². The van der Waals surface area contributed by atoms with E-state index in [9.17, 15) is 0 Å². The van der Waals surface area contributed by atoms with Gasteiger partial charge in [0.2, 0.25) is 0 Å². The summed E-state index contributed by atoms with van der Waals surface area (Å²) in [5.41, 5.74) is 3.36. The Hall–Kier alpha value is -1.91. The van der Waals surface area contributed by atoms with E-state index in [0.29, 0.717) is 0 Å². The minimum Gasteiger partial charge on any atom is -0.385 e. The molecule has 0 unspecified atom stereocenters. The predicted molar refractivity (Wildman–Crippen MR) is 65.1 cm³/mol. The predicted octanol–water partition coefficient (Wildman–Crippen LogP) is 1.79. The zero-order valence-electron chi connectivity index (χ0n) is 9.80. The van der Waals surface area contributed by atoms with E-state index < -0.39 is 0 Å². The van der Waals surface area contributed by atoms with Gasteiger partial charge in [-0.3, -0.25) is 0 Å². The highest BCUT2D eigenvalue weighted by Crippen LogP contribution is 2.29. The van der Waals surface area contributed by atoms with Gasteiger partial charge >= 0.3 is 0 Å². The van der Waals surface area contributed by atoms with Crippen LogP contribution < -0.4 is 5.32 Å². The molecule has 1 aromatic carbocycles. The van der Waals surface area contributed by atoms with Crippen LogP contribution in [0.2, 0.25) is 0 Å². The third-order valence-corrected chi connectivity index (χ3v) is 3.08. The van der Waals surface area contributed by atoms with Gasteiger partial charge in [0.15, 0.2) is 0 Å². The number of benzene rings is 1. The van der Waals surface area contributed by atoms with Crippen molar-refractivity contribution in [3.8, 4) is 5.69 Å². The number of tetrazole rings is 1. The zero-order chi connectivity index (χ0) is 11.7. The number of rotatable bonds is 4. The van der Waals surface area contributed by atoms with Gasteiger partial charge in [0.1, 0.15) is 6.33 Å². The lowest BCUT2D eigenvalue weighted by Crippen LogP contribution is -2.04. The van der Waals surface area contributed by atoms with Gasteiger partial charge in [-0.1, -0.05) is 0 Å². The summed E-state index contributed by atoms with van der Waals surface area (Å²) in [5, 5.41) is 14.6. The second-order valence-corrected chi connectivity index (χ2v) is 4.58. The maximum atomic E-state index is 3.90. The van der Waals surface area contributed by atoms with E-state index in [-0.39, 0.29) is 0 Å². The van der Waals surface area contributed by atoms with Crippen LogP contribution in [0.3, 0.4) is 0 Å². The highest BCUT2D eigenvalue weighted by atomic mass is 15.5. The molecule has 0 spiro atoms. The molecule has 1 aliphatic carbocycles. The first-order valence-electron chi connectivity index (χ1n) is 5.91. The smallest absolute Gasteiger partial charge is 0.143 e. The minimum absolute atomic E-state index is 0.884. The average Bonchev–Trinajstić information content (AvgIpc) is 3.01. The minimum atomic E-state index is 0.884. The van der Waals surface area contributed by atoms with Gasteiger partial charge in [0.05, 0.1) is 5.69 Å². The van der Waals surface area contributed by atoms with E-state index in [2.05, 4.69) is 39.9 Å². The number of hydrogen-bond donors (Lipinski definition) is 1. The SMILES string of the molecule is Cc1cc(NCC2CC2)ccc1-n1cnnn1. The molecule has 17 heavy (non-hydrogen) atoms. The summed E-state index contributed by atoms with van der Waals surface area (Å²) >= 11 is 0. The first-order chi connectivity index (χ1) is 8.33. The van der Waals surface area contributed by atoms with Crippen molar-refractivity contribution >= 4 is 5.69 Å². The van der Waals surface area contributed by atoms with Crippen LogP contribution in [0.25, 0.3) is 5.69 Å². The Labute approximate surface area is 99.8 Å². The van der Waals surface area contributed by atoms with Crippen LogP contribution in [-0.4, -0.2) is 26.8 Å². The first-order valence-corrected chi connectivity index (χ1v) is 5.91. The lowest BCUT2D eigenvalue weighted by Gasteiger charge is -2.09. The van der Waals surface area contributed by atoms with Crippen LogP contribution in [0.4, 0.5) is 5.69 Å². The van der Waals surface area contributed by atoms with E-state index in [1.165, 1.54) is 18.5 Å². The monoisotopic (exact) mass is 229 g/mol. The van der Waals surface area contributed by atoms with Gasteiger partial charge in [0.25, 0.3) is 0 Å². The number of aromatic nitrogens is 4. The summed E-state index contributed by atoms with van der Waals surface area (Å²) in [7, 11) is 0. The van der Waals surface area contributed by atoms with Crippen molar-refractivity contribution in [1.29, 1.82) is 0 Å². The fourth-order valence-electron chi connectivity index (χ4n) is 1.88. The molecule has 1 aromatic heterocycles. The van der Waals surface area contributed by atoms with Gasteiger partial charge in [-0.2, -0.15) is 0 Å². The van der Waals surface area contributed by atoms with Crippen molar-refractivity contribution in [3.05, 3.63) is 30.1 Å². The highest BCUT2D eigenvalue weighted by Gasteiger charge is 2.20. The summed E-state index contributed by atoms with van der Waals surface area (Å²) in [4.78, 5) is 0. The number of nitrogens with one attached hydrogen (secondary N) is 1. The normalized spacial score (nSPS) is 14.9. The first kappa shape index (κ1) is 10.3. The Morgan fingerprint density at radius 1 is 1.41 bits per heavy atom. The molecule has 1 fully saturated rings. The molecule has 1 heterocycles. The summed E-state index contributed by atoms with van der Waals surface area (Å²) in [5.74, 6) is 0.884. The maximum Gasteiger partial charge on any atom is 0.143 e. The molecule has 88 valence electrons. The lowest BCUT2D eigenvalue weighted by atomic mass is 10.2. The molecule has 3 rings (SSSR count). The average molecular weight is 229 g/mol. The molecule has 0 saturated heterocycles. The quantitative estimate of drug-likeness (QED) is 0.868. The van der Waals surface area contributed by atoms with E-state index in [4.69, 9.17) is 0 Å². The van der Waals surface area contributed by atoms with Gasteiger partial charge < -0.3 is 5.32 Å². The van der Waals surface area contributed by atoms with E-state index in [1.54, 1.807) is 11.0 Å². The largest absolute Gasteiger partial charge is 0.385 e.